The SMILES string of the molecule is CSc1nc2c([C@@H]3O[C@H](COC(c4ccccc4)(c4ccccc4)c4ccccc4)[C@H]4OC(C)(C)O[C@H]43)c[nH]c2c(=O)[nH]1. The van der Waals surface area contributed by atoms with Crippen LogP contribution in [0.3, 0.4) is 0 Å². The Morgan fingerprint density at radius 1 is 0.884 bits per heavy atom. The lowest BCUT2D eigenvalue weighted by Crippen LogP contribution is -2.39. The summed E-state index contributed by atoms with van der Waals surface area (Å²) in [4.78, 5) is 23.4. The van der Waals surface area contributed by atoms with Gasteiger partial charge >= 0.3 is 0 Å². The Labute approximate surface area is 253 Å². The highest BCUT2D eigenvalue weighted by atomic mass is 32.2. The number of aromatic amines is 2. The van der Waals surface area contributed by atoms with Crippen molar-refractivity contribution in [3.63, 3.8) is 0 Å². The lowest BCUT2D eigenvalue weighted by Gasteiger charge is -2.37. The molecule has 9 heteroatoms. The molecule has 2 aliphatic rings. The molecule has 0 amide bonds. The monoisotopic (exact) mass is 595 g/mol. The average Bonchev–Trinajstić information content (AvgIpc) is 3.70. The van der Waals surface area contributed by atoms with Crippen molar-refractivity contribution < 1.29 is 18.9 Å². The van der Waals surface area contributed by atoms with Crippen LogP contribution in [-0.2, 0) is 24.5 Å². The van der Waals surface area contributed by atoms with Crippen LogP contribution in [0.5, 0.6) is 0 Å². The maximum atomic E-state index is 12.7. The molecule has 7 rings (SSSR count). The van der Waals surface area contributed by atoms with Gasteiger partial charge in [0.1, 0.15) is 41.1 Å². The molecule has 220 valence electrons. The van der Waals surface area contributed by atoms with E-state index in [0.29, 0.717) is 16.2 Å². The Kier molecular flexibility index (Phi) is 7.23. The number of nitrogens with zero attached hydrogens (tertiary/aromatic N) is 1. The third kappa shape index (κ3) is 4.91. The Bertz CT molecular complexity index is 1680. The van der Waals surface area contributed by atoms with Gasteiger partial charge < -0.3 is 23.9 Å². The van der Waals surface area contributed by atoms with Gasteiger partial charge in [-0.3, -0.25) is 9.78 Å². The minimum absolute atomic E-state index is 0.224. The van der Waals surface area contributed by atoms with Crippen LogP contribution in [0.25, 0.3) is 11.0 Å². The van der Waals surface area contributed by atoms with Crippen molar-refractivity contribution in [2.24, 2.45) is 0 Å². The van der Waals surface area contributed by atoms with Gasteiger partial charge in [0.15, 0.2) is 10.9 Å². The van der Waals surface area contributed by atoms with E-state index in [0.717, 1.165) is 22.3 Å². The van der Waals surface area contributed by atoms with E-state index >= 15 is 0 Å². The fraction of sp³-hybridized carbons (Fsp3) is 0.294. The third-order valence-corrected chi connectivity index (χ3v) is 8.78. The summed E-state index contributed by atoms with van der Waals surface area (Å²) in [5.41, 5.74) is 3.62. The first kappa shape index (κ1) is 28.1. The highest BCUT2D eigenvalue weighted by Gasteiger charge is 2.56. The van der Waals surface area contributed by atoms with Crippen molar-refractivity contribution >= 4 is 22.8 Å². The standard InChI is InChI=1S/C34H33N3O5S/c1-33(2)41-29-25(40-28(30(29)42-33)24-19-35-27-26(24)36-32(43-3)37-31(27)38)20-39-34(21-13-7-4-8-14-21,22-15-9-5-10-16-22)23-17-11-6-12-18-23/h4-19,25,28-30,35H,20H2,1-3H3,(H,36,37,38)/t25-,28+,29-,30+/m1/s1. The van der Waals surface area contributed by atoms with Gasteiger partial charge in [-0.25, -0.2) is 4.98 Å². The number of nitrogens with one attached hydrogen (secondary N) is 2. The zero-order valence-electron chi connectivity index (χ0n) is 24.2. The Morgan fingerprint density at radius 3 is 2.00 bits per heavy atom. The summed E-state index contributed by atoms with van der Waals surface area (Å²) in [6.45, 7) is 4.04. The van der Waals surface area contributed by atoms with Crippen molar-refractivity contribution in [3.8, 4) is 0 Å². The van der Waals surface area contributed by atoms with Crippen LogP contribution in [-0.4, -0.2) is 51.9 Å². The summed E-state index contributed by atoms with van der Waals surface area (Å²) in [5, 5.41) is 0.537. The van der Waals surface area contributed by atoms with E-state index in [1.54, 1.807) is 6.20 Å². The van der Waals surface area contributed by atoms with Gasteiger partial charge in [0.05, 0.1) is 6.61 Å². The molecular formula is C34H33N3O5S. The molecule has 0 unspecified atom stereocenters. The highest BCUT2D eigenvalue weighted by Crippen LogP contribution is 2.48. The second kappa shape index (κ2) is 11.1. The molecule has 2 fully saturated rings. The van der Waals surface area contributed by atoms with Crippen LogP contribution in [0.2, 0.25) is 0 Å². The molecule has 2 saturated heterocycles. The summed E-state index contributed by atoms with van der Waals surface area (Å²) in [7, 11) is 0. The fourth-order valence-electron chi connectivity index (χ4n) is 6.37. The van der Waals surface area contributed by atoms with Gasteiger partial charge in [-0.2, -0.15) is 0 Å². The van der Waals surface area contributed by atoms with E-state index in [2.05, 4.69) is 46.4 Å². The number of thioether (sulfide) groups is 1. The second-order valence-corrected chi connectivity index (χ2v) is 12.1. The molecule has 43 heavy (non-hydrogen) atoms. The van der Waals surface area contributed by atoms with Gasteiger partial charge in [0.25, 0.3) is 5.56 Å². The maximum absolute atomic E-state index is 12.7. The quantitative estimate of drug-likeness (QED) is 0.130. The summed E-state index contributed by atoms with van der Waals surface area (Å²) in [6, 6.07) is 30.8. The van der Waals surface area contributed by atoms with Crippen LogP contribution >= 0.6 is 11.8 Å². The number of hydrogen-bond acceptors (Lipinski definition) is 7. The van der Waals surface area contributed by atoms with E-state index in [1.165, 1.54) is 11.8 Å². The number of hydrogen-bond donors (Lipinski definition) is 2. The summed E-state index contributed by atoms with van der Waals surface area (Å²) < 4.78 is 26.7. The van der Waals surface area contributed by atoms with Crippen LogP contribution in [0.1, 0.15) is 42.2 Å². The number of H-pyrrole nitrogens is 2. The van der Waals surface area contributed by atoms with Crippen molar-refractivity contribution in [2.45, 2.75) is 54.8 Å². The predicted octanol–water partition coefficient (Wildman–Crippen LogP) is 5.94. The first-order chi connectivity index (χ1) is 20.9. The molecule has 0 spiro atoms. The number of rotatable bonds is 8. The van der Waals surface area contributed by atoms with E-state index in [4.69, 9.17) is 23.9 Å². The first-order valence-corrected chi connectivity index (χ1v) is 15.6. The van der Waals surface area contributed by atoms with E-state index < -0.39 is 35.8 Å². The molecule has 2 aromatic heterocycles. The van der Waals surface area contributed by atoms with Crippen molar-refractivity contribution in [3.05, 3.63) is 130 Å². The van der Waals surface area contributed by atoms with E-state index in [9.17, 15) is 4.79 Å². The van der Waals surface area contributed by atoms with Crippen molar-refractivity contribution in [2.75, 3.05) is 12.9 Å². The third-order valence-electron chi connectivity index (χ3n) is 8.20. The Hall–Kier alpha value is -3.73. The van der Waals surface area contributed by atoms with Crippen molar-refractivity contribution in [1.29, 1.82) is 0 Å². The number of fused-ring (bicyclic) bond motifs is 2. The average molecular weight is 596 g/mol. The fourth-order valence-corrected chi connectivity index (χ4v) is 6.75. The molecule has 2 N–H and O–H groups in total. The second-order valence-electron chi connectivity index (χ2n) is 11.3. The number of aromatic nitrogens is 3. The minimum atomic E-state index is -0.904. The zero-order chi connectivity index (χ0) is 29.6. The molecule has 5 aromatic rings. The molecule has 0 bridgehead atoms. The molecule has 0 saturated carbocycles. The molecular weight excluding hydrogens is 562 g/mol. The van der Waals surface area contributed by atoms with Gasteiger partial charge in [-0.15, -0.1) is 0 Å². The van der Waals surface area contributed by atoms with Crippen LogP contribution < -0.4 is 5.56 Å². The molecule has 2 aliphatic heterocycles. The Balaban J connectivity index is 1.29. The molecule has 3 aromatic carbocycles. The molecule has 4 heterocycles. The van der Waals surface area contributed by atoms with Crippen LogP contribution in [0, 0.1) is 0 Å². The lowest BCUT2D eigenvalue weighted by atomic mass is 9.80. The van der Waals surface area contributed by atoms with E-state index in [1.807, 2.05) is 74.7 Å². The molecule has 4 atom stereocenters. The van der Waals surface area contributed by atoms with E-state index in [-0.39, 0.29) is 12.2 Å². The largest absolute Gasteiger partial charge is 0.362 e. The van der Waals surface area contributed by atoms with Gasteiger partial charge in [0.2, 0.25) is 0 Å². The topological polar surface area (TPSA) is 98.5 Å². The predicted molar refractivity (Wildman–Crippen MR) is 165 cm³/mol. The smallest absolute Gasteiger partial charge is 0.275 e. The molecule has 0 aliphatic carbocycles. The summed E-state index contributed by atoms with van der Waals surface area (Å²) in [5.74, 6) is -0.813. The van der Waals surface area contributed by atoms with Gasteiger partial charge in [-0.05, 0) is 36.8 Å². The van der Waals surface area contributed by atoms with Crippen LogP contribution in [0.15, 0.2) is 107 Å². The first-order valence-electron chi connectivity index (χ1n) is 14.4. The Morgan fingerprint density at radius 2 is 1.44 bits per heavy atom. The lowest BCUT2D eigenvalue weighted by molar-refractivity contribution is -0.196. The summed E-state index contributed by atoms with van der Waals surface area (Å²) in [6.07, 6.45) is 1.88. The molecule has 0 radical (unpaired) electrons. The normalized spacial score (nSPS) is 23.0. The number of benzene rings is 3. The molecule has 8 nitrogen and oxygen atoms in total. The minimum Gasteiger partial charge on any atom is -0.362 e. The summed E-state index contributed by atoms with van der Waals surface area (Å²) >= 11 is 1.38. The van der Waals surface area contributed by atoms with Crippen molar-refractivity contribution in [1.82, 2.24) is 15.0 Å². The maximum Gasteiger partial charge on any atom is 0.275 e. The highest BCUT2D eigenvalue weighted by molar-refractivity contribution is 7.98. The number of ether oxygens (including phenoxy) is 4. The zero-order valence-corrected chi connectivity index (χ0v) is 25.0. The van der Waals surface area contributed by atoms with Crippen LogP contribution in [0.4, 0.5) is 0 Å². The van der Waals surface area contributed by atoms with Gasteiger partial charge in [-0.1, -0.05) is 103 Å². The van der Waals surface area contributed by atoms with Gasteiger partial charge in [0, 0.05) is 11.8 Å².